The molecule has 0 bridgehead atoms. The molecule has 1 aromatic rings. The Hall–Kier alpha value is -2.51. The van der Waals surface area contributed by atoms with Gasteiger partial charge in [-0.2, -0.15) is 4.98 Å². The second kappa shape index (κ2) is 21.4. The first kappa shape index (κ1) is 39.7. The van der Waals surface area contributed by atoms with E-state index in [1.807, 2.05) is 0 Å². The molecule has 0 spiro atoms. The number of aromatic nitrogens is 2. The largest absolute Gasteiger partial charge is 0.479 e. The number of nitrogens with zero attached hydrogens (tertiary/aromatic N) is 1. The molecule has 1 aliphatic carbocycles. The maximum atomic E-state index is 12.7. The lowest BCUT2D eigenvalue weighted by atomic mass is 9.62. The minimum atomic E-state index is -0.384. The van der Waals surface area contributed by atoms with E-state index in [0.717, 1.165) is 25.9 Å². The van der Waals surface area contributed by atoms with Crippen molar-refractivity contribution in [2.24, 2.45) is 16.7 Å². The van der Waals surface area contributed by atoms with Crippen LogP contribution in [0.5, 0.6) is 0 Å². The van der Waals surface area contributed by atoms with E-state index < -0.39 is 0 Å². The average molecular weight is 644 g/mol. The molecule has 264 valence electrons. The molecule has 0 radical (unpaired) electrons. The number of hydrogen-bond acceptors (Lipinski definition) is 5. The third kappa shape index (κ3) is 17.4. The Balaban J connectivity index is 1.84. The zero-order valence-corrected chi connectivity index (χ0v) is 30.5. The number of rotatable bonds is 24. The molecule has 8 nitrogen and oxygen atoms in total. The molecule has 1 aromatic heterocycles. The van der Waals surface area contributed by atoms with Crippen molar-refractivity contribution in [3.63, 3.8) is 0 Å². The molecule has 1 saturated carbocycles. The highest BCUT2D eigenvalue weighted by Gasteiger charge is 2.41. The van der Waals surface area contributed by atoms with Crippen molar-refractivity contribution >= 4 is 12.0 Å². The van der Waals surface area contributed by atoms with Crippen LogP contribution in [0.3, 0.4) is 0 Å². The Morgan fingerprint density at radius 1 is 0.957 bits per heavy atom. The molecule has 1 fully saturated rings. The molecule has 4 N–H and O–H groups in total. The lowest BCUT2D eigenvalue weighted by molar-refractivity contribution is 0.0609. The van der Waals surface area contributed by atoms with Crippen molar-refractivity contribution in [2.75, 3.05) is 18.5 Å². The Kier molecular flexibility index (Phi) is 18.4. The van der Waals surface area contributed by atoms with Gasteiger partial charge in [-0.3, -0.25) is 10.1 Å². The van der Waals surface area contributed by atoms with Gasteiger partial charge in [0.1, 0.15) is 0 Å². The van der Waals surface area contributed by atoms with E-state index in [9.17, 15) is 9.59 Å². The molecule has 0 aromatic carbocycles. The van der Waals surface area contributed by atoms with E-state index in [1.165, 1.54) is 109 Å². The number of carbonyl (C=O) groups is 1. The normalized spacial score (nSPS) is 19.7. The highest BCUT2D eigenvalue weighted by Crippen LogP contribution is 2.46. The summed E-state index contributed by atoms with van der Waals surface area (Å²) in [5.41, 5.74) is 0.255. The zero-order chi connectivity index (χ0) is 33.8. The lowest BCUT2D eigenvalue weighted by Gasteiger charge is -2.47. The predicted octanol–water partition coefficient (Wildman–Crippen LogP) is 9.76. The fourth-order valence-corrected chi connectivity index (χ4v) is 7.53. The molecule has 3 unspecified atom stereocenters. The number of H-pyrrole nitrogens is 1. The number of ether oxygens (including phenoxy) is 1. The van der Waals surface area contributed by atoms with Crippen LogP contribution >= 0.6 is 0 Å². The third-order valence-electron chi connectivity index (χ3n) is 9.52. The highest BCUT2D eigenvalue weighted by molar-refractivity contribution is 5.87. The van der Waals surface area contributed by atoms with Gasteiger partial charge in [-0.15, -0.1) is 0 Å². The number of urea groups is 1. The van der Waals surface area contributed by atoms with Gasteiger partial charge in [0.15, 0.2) is 5.88 Å². The standard InChI is InChI=1S/C38H69N5O3/c1-8-10-12-14-16-17-19-21-23-32(22-20-18-15-13-11-9-2)27-46-31(4)41-33-25-37(5,6)28-38(7,26-33)29-39-36(45)43-35-40-30(3)24-34(44)42-35/h24,32-33,41H,4,8-23,25-29H2,1-3,5-7H3,(H3,39,40,42,43,44,45). The van der Waals surface area contributed by atoms with Crippen LogP contribution in [-0.4, -0.2) is 35.2 Å². The van der Waals surface area contributed by atoms with E-state index in [4.69, 9.17) is 4.74 Å². The van der Waals surface area contributed by atoms with Crippen molar-refractivity contribution < 1.29 is 9.53 Å². The van der Waals surface area contributed by atoms with Crippen LogP contribution in [0.1, 0.15) is 162 Å². The number of carbonyl (C=O) groups excluding carboxylic acids is 1. The van der Waals surface area contributed by atoms with E-state index in [1.54, 1.807) is 6.92 Å². The van der Waals surface area contributed by atoms with Crippen molar-refractivity contribution in [3.8, 4) is 0 Å². The number of anilines is 1. The van der Waals surface area contributed by atoms with Gasteiger partial charge in [0.05, 0.1) is 6.61 Å². The Labute approximate surface area is 281 Å². The van der Waals surface area contributed by atoms with Gasteiger partial charge >= 0.3 is 6.03 Å². The smallest absolute Gasteiger partial charge is 0.321 e. The molecule has 1 heterocycles. The summed E-state index contributed by atoms with van der Waals surface area (Å²) >= 11 is 0. The minimum absolute atomic E-state index is 0.100. The summed E-state index contributed by atoms with van der Waals surface area (Å²) in [5, 5.41) is 9.30. The summed E-state index contributed by atoms with van der Waals surface area (Å²) in [6.07, 6.45) is 24.2. The van der Waals surface area contributed by atoms with Crippen LogP contribution < -0.4 is 21.5 Å². The van der Waals surface area contributed by atoms with E-state index in [2.05, 4.69) is 67.1 Å². The number of aryl methyl sites for hydroxylation is 1. The predicted molar refractivity (Wildman–Crippen MR) is 193 cm³/mol. The quantitative estimate of drug-likeness (QED) is 0.0662. The monoisotopic (exact) mass is 644 g/mol. The van der Waals surface area contributed by atoms with Crippen LogP contribution in [0.2, 0.25) is 0 Å². The Morgan fingerprint density at radius 3 is 2.09 bits per heavy atom. The number of amides is 2. The first-order chi connectivity index (χ1) is 21.9. The van der Waals surface area contributed by atoms with Gasteiger partial charge in [0, 0.05) is 24.3 Å². The SMILES string of the molecule is C=C(NC1CC(C)(C)CC(C)(CNC(=O)Nc2nc(=O)cc(C)[nH]2)C1)OCC(CCCCCCCC)CCCCCCCCCC. The van der Waals surface area contributed by atoms with Gasteiger partial charge in [-0.05, 0) is 62.4 Å². The van der Waals surface area contributed by atoms with Crippen LogP contribution in [0.4, 0.5) is 10.7 Å². The summed E-state index contributed by atoms with van der Waals surface area (Å²) in [7, 11) is 0. The first-order valence-corrected chi connectivity index (χ1v) is 18.6. The van der Waals surface area contributed by atoms with Crippen LogP contribution in [0.25, 0.3) is 0 Å². The minimum Gasteiger partial charge on any atom is -0.479 e. The molecular formula is C38H69N5O3. The molecule has 8 heteroatoms. The molecule has 46 heavy (non-hydrogen) atoms. The number of hydrogen-bond donors (Lipinski definition) is 4. The van der Waals surface area contributed by atoms with E-state index in [0.29, 0.717) is 24.0 Å². The zero-order valence-electron chi connectivity index (χ0n) is 30.5. The lowest BCUT2D eigenvalue weighted by Crippen LogP contribution is -2.49. The highest BCUT2D eigenvalue weighted by atomic mass is 16.5. The van der Waals surface area contributed by atoms with Crippen molar-refractivity contribution in [1.82, 2.24) is 20.6 Å². The maximum absolute atomic E-state index is 12.7. The van der Waals surface area contributed by atoms with E-state index >= 15 is 0 Å². The summed E-state index contributed by atoms with van der Waals surface area (Å²) in [6.45, 7) is 18.7. The number of nitrogens with one attached hydrogen (secondary N) is 4. The second-order valence-corrected chi connectivity index (χ2v) is 15.4. The Morgan fingerprint density at radius 2 is 1.52 bits per heavy atom. The Bertz CT molecular complexity index is 1070. The molecule has 2 amide bonds. The van der Waals surface area contributed by atoms with Crippen LogP contribution in [0.15, 0.2) is 23.3 Å². The van der Waals surface area contributed by atoms with Gasteiger partial charge < -0.3 is 20.4 Å². The fraction of sp³-hybridized carbons (Fsp3) is 0.816. The van der Waals surface area contributed by atoms with Crippen LogP contribution in [0, 0.1) is 23.7 Å². The molecular weight excluding hydrogens is 574 g/mol. The summed E-state index contributed by atoms with van der Waals surface area (Å²) in [5.74, 6) is 1.41. The molecule has 3 atom stereocenters. The first-order valence-electron chi connectivity index (χ1n) is 18.6. The van der Waals surface area contributed by atoms with Crippen molar-refractivity contribution in [1.29, 1.82) is 0 Å². The molecule has 0 saturated heterocycles. The number of unbranched alkanes of at least 4 members (excludes halogenated alkanes) is 12. The van der Waals surface area contributed by atoms with Gasteiger partial charge in [0.25, 0.3) is 5.56 Å². The van der Waals surface area contributed by atoms with Crippen molar-refractivity contribution in [3.05, 3.63) is 34.6 Å². The van der Waals surface area contributed by atoms with Gasteiger partial charge in [-0.25, -0.2) is 4.79 Å². The fourth-order valence-electron chi connectivity index (χ4n) is 7.53. The third-order valence-corrected chi connectivity index (χ3v) is 9.52. The van der Waals surface area contributed by atoms with Crippen LogP contribution in [-0.2, 0) is 4.74 Å². The second-order valence-electron chi connectivity index (χ2n) is 15.4. The summed E-state index contributed by atoms with van der Waals surface area (Å²) < 4.78 is 6.32. The molecule has 1 aliphatic rings. The number of aromatic amines is 1. The van der Waals surface area contributed by atoms with Gasteiger partial charge in [0.2, 0.25) is 5.95 Å². The maximum Gasteiger partial charge on any atom is 0.321 e. The van der Waals surface area contributed by atoms with Crippen molar-refractivity contribution in [2.45, 2.75) is 170 Å². The van der Waals surface area contributed by atoms with E-state index in [-0.39, 0.29) is 34.4 Å². The topological polar surface area (TPSA) is 108 Å². The summed E-state index contributed by atoms with van der Waals surface area (Å²) in [6, 6.07) is 1.24. The van der Waals surface area contributed by atoms with Gasteiger partial charge in [-0.1, -0.05) is 125 Å². The average Bonchev–Trinajstić information content (AvgIpc) is 2.96. The molecule has 2 rings (SSSR count). The molecule has 0 aliphatic heterocycles. The summed E-state index contributed by atoms with van der Waals surface area (Å²) in [4.78, 5) is 31.1.